The molecule has 0 unspecified atom stereocenters. The SMILES string of the molecule is COC1CC(CC#N)(n2cc(-c3cc(-c4c[nH]nc4CO)cc4nccn34)cn2)C1. The van der Waals surface area contributed by atoms with Gasteiger partial charge in [-0.15, -0.1) is 0 Å². The first-order valence-corrected chi connectivity index (χ1v) is 9.74. The molecular weight excluding hydrogens is 382 g/mol. The molecule has 4 aromatic rings. The average Bonchev–Trinajstić information content (AvgIpc) is 3.49. The van der Waals surface area contributed by atoms with Gasteiger partial charge in [-0.1, -0.05) is 0 Å². The van der Waals surface area contributed by atoms with E-state index in [0.29, 0.717) is 12.1 Å². The predicted octanol–water partition coefficient (Wildman–Crippen LogP) is 2.50. The lowest BCUT2D eigenvalue weighted by molar-refractivity contribution is -0.0542. The standard InChI is InChI=1S/C21H21N7O2/c1-30-16-8-21(9-16,2-3-22)28-12-15(10-25-28)19-6-14(7-20-23-4-5-27(19)20)17-11-24-26-18(17)13-29/h4-7,10-12,16,29H,2,8-9,13H2,1H3,(H,24,26). The molecule has 0 bridgehead atoms. The van der Waals surface area contributed by atoms with E-state index in [1.54, 1.807) is 19.5 Å². The van der Waals surface area contributed by atoms with Crippen molar-refractivity contribution in [2.75, 3.05) is 7.11 Å². The van der Waals surface area contributed by atoms with Crippen LogP contribution in [0.2, 0.25) is 0 Å². The van der Waals surface area contributed by atoms with Gasteiger partial charge in [-0.3, -0.25) is 14.2 Å². The molecule has 9 nitrogen and oxygen atoms in total. The normalized spacial score (nSPS) is 20.9. The maximum absolute atomic E-state index is 9.59. The third kappa shape index (κ3) is 2.81. The first-order valence-electron chi connectivity index (χ1n) is 9.74. The number of aromatic nitrogens is 6. The Balaban J connectivity index is 1.59. The van der Waals surface area contributed by atoms with Gasteiger partial charge in [-0.05, 0) is 30.5 Å². The van der Waals surface area contributed by atoms with E-state index in [4.69, 9.17) is 4.74 Å². The van der Waals surface area contributed by atoms with Crippen LogP contribution >= 0.6 is 0 Å². The Labute approximate surface area is 172 Å². The molecule has 0 spiro atoms. The van der Waals surface area contributed by atoms with Gasteiger partial charge in [0, 0.05) is 43.0 Å². The zero-order valence-electron chi connectivity index (χ0n) is 16.5. The van der Waals surface area contributed by atoms with Crippen molar-refractivity contribution in [3.05, 3.63) is 48.8 Å². The number of H-pyrrole nitrogens is 1. The molecular formula is C21H21N7O2. The molecule has 5 rings (SSSR count). The van der Waals surface area contributed by atoms with E-state index in [9.17, 15) is 10.4 Å². The van der Waals surface area contributed by atoms with Crippen molar-refractivity contribution in [3.8, 4) is 28.5 Å². The third-order valence-corrected chi connectivity index (χ3v) is 6.01. The molecule has 0 radical (unpaired) electrons. The maximum atomic E-state index is 9.59. The Morgan fingerprint density at radius 2 is 2.23 bits per heavy atom. The molecule has 0 atom stereocenters. The van der Waals surface area contributed by atoms with Gasteiger partial charge >= 0.3 is 0 Å². The fourth-order valence-electron chi connectivity index (χ4n) is 4.32. The summed E-state index contributed by atoms with van der Waals surface area (Å²) in [6, 6.07) is 6.30. The van der Waals surface area contributed by atoms with Crippen LogP contribution < -0.4 is 0 Å². The monoisotopic (exact) mass is 403 g/mol. The van der Waals surface area contributed by atoms with E-state index in [-0.39, 0.29) is 18.2 Å². The molecule has 0 amide bonds. The van der Waals surface area contributed by atoms with Gasteiger partial charge in [0.25, 0.3) is 0 Å². The van der Waals surface area contributed by atoms with Crippen molar-refractivity contribution < 1.29 is 9.84 Å². The molecule has 152 valence electrons. The highest BCUT2D eigenvalue weighted by Gasteiger charge is 2.46. The number of aromatic amines is 1. The molecule has 1 aliphatic carbocycles. The van der Waals surface area contributed by atoms with Gasteiger partial charge in [0.1, 0.15) is 5.65 Å². The number of fused-ring (bicyclic) bond motifs is 1. The lowest BCUT2D eigenvalue weighted by atomic mass is 9.72. The fourth-order valence-corrected chi connectivity index (χ4v) is 4.32. The molecule has 1 fully saturated rings. The van der Waals surface area contributed by atoms with Crippen LogP contribution in [-0.2, 0) is 16.9 Å². The summed E-state index contributed by atoms with van der Waals surface area (Å²) in [5, 5.41) is 30.5. The first-order chi connectivity index (χ1) is 14.7. The van der Waals surface area contributed by atoms with Gasteiger partial charge in [0.05, 0.1) is 48.3 Å². The summed E-state index contributed by atoms with van der Waals surface area (Å²) in [6.07, 6.45) is 11.3. The van der Waals surface area contributed by atoms with Crippen molar-refractivity contribution in [2.45, 2.75) is 37.5 Å². The Kier molecular flexibility index (Phi) is 4.38. The van der Waals surface area contributed by atoms with Crippen LogP contribution in [0.4, 0.5) is 0 Å². The number of aliphatic hydroxyl groups excluding tert-OH is 1. The van der Waals surface area contributed by atoms with Gasteiger partial charge in [-0.25, -0.2) is 4.98 Å². The number of nitrogens with one attached hydrogen (secondary N) is 1. The Morgan fingerprint density at radius 1 is 1.37 bits per heavy atom. The number of nitriles is 1. The lowest BCUT2D eigenvalue weighted by Gasteiger charge is -2.45. The highest BCUT2D eigenvalue weighted by Crippen LogP contribution is 2.44. The number of pyridine rings is 1. The molecule has 2 N–H and O–H groups in total. The van der Waals surface area contributed by atoms with Gasteiger partial charge < -0.3 is 9.84 Å². The molecule has 0 aliphatic heterocycles. The summed E-state index contributed by atoms with van der Waals surface area (Å²) >= 11 is 0. The Bertz CT molecular complexity index is 1240. The third-order valence-electron chi connectivity index (χ3n) is 6.01. The minimum atomic E-state index is -0.325. The number of imidazole rings is 1. The topological polar surface area (TPSA) is 117 Å². The van der Waals surface area contributed by atoms with E-state index in [0.717, 1.165) is 40.9 Å². The van der Waals surface area contributed by atoms with Crippen LogP contribution in [0.5, 0.6) is 0 Å². The summed E-state index contributed by atoms with van der Waals surface area (Å²) in [4.78, 5) is 4.45. The van der Waals surface area contributed by atoms with Crippen molar-refractivity contribution >= 4 is 5.65 Å². The second-order valence-electron chi connectivity index (χ2n) is 7.69. The van der Waals surface area contributed by atoms with Gasteiger partial charge in [0.15, 0.2) is 0 Å². The van der Waals surface area contributed by atoms with Gasteiger partial charge in [0.2, 0.25) is 0 Å². The maximum Gasteiger partial charge on any atom is 0.137 e. The minimum Gasteiger partial charge on any atom is -0.390 e. The summed E-state index contributed by atoms with van der Waals surface area (Å²) in [5.41, 5.74) is 4.63. The molecule has 30 heavy (non-hydrogen) atoms. The van der Waals surface area contributed by atoms with Crippen LogP contribution in [0, 0.1) is 11.3 Å². The highest BCUT2D eigenvalue weighted by molar-refractivity contribution is 5.75. The largest absolute Gasteiger partial charge is 0.390 e. The molecule has 1 saturated carbocycles. The highest BCUT2D eigenvalue weighted by atomic mass is 16.5. The van der Waals surface area contributed by atoms with Crippen molar-refractivity contribution in [3.63, 3.8) is 0 Å². The Hall–Kier alpha value is -3.48. The van der Waals surface area contributed by atoms with E-state index < -0.39 is 0 Å². The summed E-state index contributed by atoms with van der Waals surface area (Å²) in [6.45, 7) is -0.150. The smallest absolute Gasteiger partial charge is 0.137 e. The number of hydrogen-bond acceptors (Lipinski definition) is 6. The number of hydrogen-bond donors (Lipinski definition) is 2. The zero-order chi connectivity index (χ0) is 20.7. The van der Waals surface area contributed by atoms with E-state index >= 15 is 0 Å². The summed E-state index contributed by atoms with van der Waals surface area (Å²) < 4.78 is 9.34. The predicted molar refractivity (Wildman–Crippen MR) is 108 cm³/mol. The number of rotatable bonds is 6. The molecule has 1 aliphatic rings. The van der Waals surface area contributed by atoms with Crippen LogP contribution in [0.25, 0.3) is 28.0 Å². The first kappa shape index (κ1) is 18.5. The average molecular weight is 403 g/mol. The van der Waals surface area contributed by atoms with Crippen molar-refractivity contribution in [2.24, 2.45) is 0 Å². The van der Waals surface area contributed by atoms with Crippen LogP contribution in [0.3, 0.4) is 0 Å². The molecule has 0 aromatic carbocycles. The van der Waals surface area contributed by atoms with Crippen LogP contribution in [0.15, 0.2) is 43.1 Å². The zero-order valence-corrected chi connectivity index (χ0v) is 16.5. The number of nitrogens with zero attached hydrogens (tertiary/aromatic N) is 6. The quantitative estimate of drug-likeness (QED) is 0.511. The fraction of sp³-hybridized carbons (Fsp3) is 0.333. The second-order valence-corrected chi connectivity index (χ2v) is 7.69. The van der Waals surface area contributed by atoms with E-state index in [2.05, 4.69) is 26.3 Å². The van der Waals surface area contributed by atoms with Crippen LogP contribution in [0.1, 0.15) is 25.0 Å². The number of methoxy groups -OCH3 is 1. The lowest BCUT2D eigenvalue weighted by Crippen LogP contribution is -2.50. The number of ether oxygens (including phenoxy) is 1. The molecule has 4 aromatic heterocycles. The summed E-state index contributed by atoms with van der Waals surface area (Å²) in [7, 11) is 1.70. The number of aliphatic hydroxyl groups is 1. The Morgan fingerprint density at radius 3 is 3.00 bits per heavy atom. The van der Waals surface area contributed by atoms with Crippen molar-refractivity contribution in [1.29, 1.82) is 5.26 Å². The molecule has 4 heterocycles. The van der Waals surface area contributed by atoms with E-state index in [1.807, 2.05) is 39.8 Å². The van der Waals surface area contributed by atoms with Crippen LogP contribution in [-0.4, -0.2) is 47.7 Å². The van der Waals surface area contributed by atoms with E-state index in [1.165, 1.54) is 0 Å². The van der Waals surface area contributed by atoms with Crippen molar-refractivity contribution in [1.82, 2.24) is 29.4 Å². The molecule has 9 heteroatoms. The minimum absolute atomic E-state index is 0.150. The van der Waals surface area contributed by atoms with Gasteiger partial charge in [-0.2, -0.15) is 15.5 Å². The molecule has 0 saturated heterocycles. The second kappa shape index (κ2) is 7.09. The summed E-state index contributed by atoms with van der Waals surface area (Å²) in [5.74, 6) is 0.